The fourth-order valence-electron chi connectivity index (χ4n) is 2.74. The molecule has 1 atom stereocenters. The maximum atomic E-state index is 10.3. The smallest absolute Gasteiger partial charge is 0.231 e. The number of ether oxygens (including phenoxy) is 2. The third kappa shape index (κ3) is 2.91. The van der Waals surface area contributed by atoms with Crippen LogP contribution in [0.3, 0.4) is 0 Å². The lowest BCUT2D eigenvalue weighted by molar-refractivity contribution is 0.170. The number of hydrogen-bond acceptors (Lipinski definition) is 6. The Kier molecular flexibility index (Phi) is 4.02. The van der Waals surface area contributed by atoms with Gasteiger partial charge in [0, 0.05) is 25.7 Å². The molecule has 1 aliphatic heterocycles. The fourth-order valence-corrected chi connectivity index (χ4v) is 2.74. The van der Waals surface area contributed by atoms with Crippen molar-refractivity contribution in [3.05, 3.63) is 54.0 Å². The van der Waals surface area contributed by atoms with Gasteiger partial charge in [-0.2, -0.15) is 0 Å². The van der Waals surface area contributed by atoms with Gasteiger partial charge >= 0.3 is 0 Å². The van der Waals surface area contributed by atoms with Crippen LogP contribution in [-0.4, -0.2) is 39.6 Å². The van der Waals surface area contributed by atoms with Crippen molar-refractivity contribution < 1.29 is 14.6 Å². The van der Waals surface area contributed by atoms with Gasteiger partial charge in [0.25, 0.3) is 0 Å². The minimum atomic E-state index is -0.602. The van der Waals surface area contributed by atoms with E-state index in [1.165, 1.54) is 0 Å². The molecular weight excluding hydrogens is 308 g/mol. The van der Waals surface area contributed by atoms with E-state index in [2.05, 4.69) is 15.5 Å². The van der Waals surface area contributed by atoms with Crippen LogP contribution in [0.4, 0.5) is 0 Å². The van der Waals surface area contributed by atoms with Crippen LogP contribution in [-0.2, 0) is 6.42 Å². The highest BCUT2D eigenvalue weighted by Crippen LogP contribution is 2.34. The second kappa shape index (κ2) is 6.46. The topological polar surface area (TPSA) is 80.9 Å². The Labute approximate surface area is 138 Å². The van der Waals surface area contributed by atoms with Gasteiger partial charge in [-0.1, -0.05) is 12.1 Å². The molecule has 124 valence electrons. The van der Waals surface area contributed by atoms with Crippen molar-refractivity contribution in [3.8, 4) is 11.5 Å². The van der Waals surface area contributed by atoms with E-state index in [0.717, 1.165) is 29.2 Å². The van der Waals surface area contributed by atoms with E-state index in [-0.39, 0.29) is 6.79 Å². The van der Waals surface area contributed by atoms with Crippen molar-refractivity contribution in [2.45, 2.75) is 12.5 Å². The molecule has 0 bridgehead atoms. The molecule has 0 radical (unpaired) electrons. The summed E-state index contributed by atoms with van der Waals surface area (Å²) in [5.74, 6) is 2.30. The fraction of sp³-hybridized carbons (Fsp3) is 0.294. The first kappa shape index (κ1) is 14.9. The summed E-state index contributed by atoms with van der Waals surface area (Å²) < 4.78 is 12.6. The molecule has 7 heteroatoms. The average Bonchev–Trinajstić information content (AvgIpc) is 3.24. The monoisotopic (exact) mass is 326 g/mol. The molecule has 0 saturated carbocycles. The van der Waals surface area contributed by atoms with Crippen LogP contribution in [0.25, 0.3) is 5.65 Å². The molecule has 0 spiro atoms. The number of aliphatic hydroxyl groups excluding tert-OH is 1. The summed E-state index contributed by atoms with van der Waals surface area (Å²) in [6.07, 6.45) is 2.08. The van der Waals surface area contributed by atoms with Gasteiger partial charge in [-0.25, -0.2) is 0 Å². The van der Waals surface area contributed by atoms with Gasteiger partial charge in [0.2, 0.25) is 6.79 Å². The Hall–Kier alpha value is -2.64. The molecule has 1 aliphatic rings. The number of aromatic nitrogens is 3. The van der Waals surface area contributed by atoms with Crippen molar-refractivity contribution in [2.75, 3.05) is 19.9 Å². The van der Waals surface area contributed by atoms with E-state index in [0.29, 0.717) is 18.8 Å². The largest absolute Gasteiger partial charge is 0.454 e. The van der Waals surface area contributed by atoms with Crippen molar-refractivity contribution in [1.29, 1.82) is 0 Å². The highest BCUT2D eigenvalue weighted by atomic mass is 16.7. The molecule has 2 N–H and O–H groups in total. The lowest BCUT2D eigenvalue weighted by atomic mass is 10.1. The number of hydrogen-bond donors (Lipinski definition) is 2. The van der Waals surface area contributed by atoms with Crippen molar-refractivity contribution >= 4 is 5.65 Å². The zero-order valence-corrected chi connectivity index (χ0v) is 13.1. The lowest BCUT2D eigenvalue weighted by Crippen LogP contribution is -2.24. The first-order valence-electron chi connectivity index (χ1n) is 7.88. The van der Waals surface area contributed by atoms with E-state index >= 15 is 0 Å². The number of rotatable bonds is 6. The van der Waals surface area contributed by atoms with Crippen LogP contribution in [0, 0.1) is 0 Å². The minimum Gasteiger partial charge on any atom is -0.454 e. The SMILES string of the molecule is O[C@@H](CNCCc1nnc2ccccn12)c1ccc2c(c1)OCO2. The summed E-state index contributed by atoms with van der Waals surface area (Å²) >= 11 is 0. The molecule has 3 heterocycles. The molecule has 0 amide bonds. The normalized spacial score (nSPS) is 14.2. The molecule has 7 nitrogen and oxygen atoms in total. The number of fused-ring (bicyclic) bond motifs is 2. The molecule has 3 aromatic rings. The Morgan fingerprint density at radius 3 is 3.04 bits per heavy atom. The Bertz CT molecular complexity index is 849. The maximum Gasteiger partial charge on any atom is 0.231 e. The Morgan fingerprint density at radius 1 is 1.17 bits per heavy atom. The van der Waals surface area contributed by atoms with Gasteiger partial charge in [-0.3, -0.25) is 4.40 Å². The highest BCUT2D eigenvalue weighted by molar-refractivity contribution is 5.45. The zero-order chi connectivity index (χ0) is 16.4. The van der Waals surface area contributed by atoms with Crippen LogP contribution < -0.4 is 14.8 Å². The summed E-state index contributed by atoms with van der Waals surface area (Å²) in [7, 11) is 0. The average molecular weight is 326 g/mol. The van der Waals surface area contributed by atoms with Gasteiger partial charge in [-0.15, -0.1) is 10.2 Å². The van der Waals surface area contributed by atoms with Crippen LogP contribution in [0.5, 0.6) is 11.5 Å². The van der Waals surface area contributed by atoms with E-state index in [9.17, 15) is 5.11 Å². The molecule has 0 unspecified atom stereocenters. The summed E-state index contributed by atoms with van der Waals surface area (Å²) in [6, 6.07) is 11.3. The summed E-state index contributed by atoms with van der Waals surface area (Å²) in [6.45, 7) is 1.40. The number of nitrogens with one attached hydrogen (secondary N) is 1. The second-order valence-electron chi connectivity index (χ2n) is 5.63. The van der Waals surface area contributed by atoms with E-state index in [1.807, 2.05) is 47.0 Å². The van der Waals surface area contributed by atoms with Gasteiger partial charge in [0.1, 0.15) is 5.82 Å². The number of aliphatic hydroxyl groups is 1. The molecular formula is C17H18N4O3. The Balaban J connectivity index is 1.31. The predicted octanol–water partition coefficient (Wildman–Crippen LogP) is 1.32. The lowest BCUT2D eigenvalue weighted by Gasteiger charge is -2.12. The maximum absolute atomic E-state index is 10.3. The van der Waals surface area contributed by atoms with E-state index < -0.39 is 6.10 Å². The molecule has 1 aromatic carbocycles. The van der Waals surface area contributed by atoms with Gasteiger partial charge in [-0.05, 0) is 29.8 Å². The standard InChI is InChI=1S/C17H18N4O3/c22-13(12-4-5-14-15(9-12)24-11-23-14)10-18-7-6-17-20-19-16-3-1-2-8-21(16)17/h1-5,8-9,13,18,22H,6-7,10-11H2/t13-/m0/s1. The molecule has 0 aliphatic carbocycles. The molecule has 24 heavy (non-hydrogen) atoms. The third-order valence-electron chi connectivity index (χ3n) is 4.03. The van der Waals surface area contributed by atoms with Gasteiger partial charge < -0.3 is 19.9 Å². The minimum absolute atomic E-state index is 0.236. The van der Waals surface area contributed by atoms with Crippen molar-refractivity contribution in [1.82, 2.24) is 19.9 Å². The van der Waals surface area contributed by atoms with Gasteiger partial charge in [0.15, 0.2) is 17.1 Å². The van der Waals surface area contributed by atoms with Crippen LogP contribution in [0.2, 0.25) is 0 Å². The number of benzene rings is 1. The van der Waals surface area contributed by atoms with Crippen LogP contribution in [0.1, 0.15) is 17.5 Å². The number of pyridine rings is 1. The predicted molar refractivity (Wildman–Crippen MR) is 87.1 cm³/mol. The van der Waals surface area contributed by atoms with Crippen LogP contribution >= 0.6 is 0 Å². The van der Waals surface area contributed by atoms with Crippen LogP contribution in [0.15, 0.2) is 42.6 Å². The number of nitrogens with zero attached hydrogens (tertiary/aromatic N) is 3. The van der Waals surface area contributed by atoms with Crippen molar-refractivity contribution in [2.24, 2.45) is 0 Å². The second-order valence-corrected chi connectivity index (χ2v) is 5.63. The van der Waals surface area contributed by atoms with Gasteiger partial charge in [0.05, 0.1) is 6.10 Å². The van der Waals surface area contributed by atoms with E-state index in [1.54, 1.807) is 0 Å². The molecule has 0 saturated heterocycles. The quantitative estimate of drug-likeness (QED) is 0.665. The molecule has 2 aromatic heterocycles. The summed E-state index contributed by atoms with van der Waals surface area (Å²) in [5, 5.41) is 21.9. The Morgan fingerprint density at radius 2 is 2.08 bits per heavy atom. The third-order valence-corrected chi connectivity index (χ3v) is 4.03. The van der Waals surface area contributed by atoms with E-state index in [4.69, 9.17) is 9.47 Å². The molecule has 0 fully saturated rings. The summed E-state index contributed by atoms with van der Waals surface area (Å²) in [5.41, 5.74) is 1.65. The zero-order valence-electron chi connectivity index (χ0n) is 13.1. The van der Waals surface area contributed by atoms with Crippen molar-refractivity contribution in [3.63, 3.8) is 0 Å². The molecule has 4 rings (SSSR count). The highest BCUT2D eigenvalue weighted by Gasteiger charge is 2.16. The first-order valence-corrected chi connectivity index (χ1v) is 7.88. The summed E-state index contributed by atoms with van der Waals surface area (Å²) in [4.78, 5) is 0. The first-order chi connectivity index (χ1) is 11.8.